The van der Waals surface area contributed by atoms with Gasteiger partial charge in [0.25, 0.3) is 0 Å². The summed E-state index contributed by atoms with van der Waals surface area (Å²) in [5.41, 5.74) is 0. The highest BCUT2D eigenvalue weighted by Crippen LogP contribution is 2.45. The van der Waals surface area contributed by atoms with Gasteiger partial charge in [0.15, 0.2) is 12.2 Å². The van der Waals surface area contributed by atoms with Crippen molar-refractivity contribution in [3.63, 3.8) is 0 Å². The van der Waals surface area contributed by atoms with E-state index in [2.05, 4.69) is 186 Å². The maximum atomic E-state index is 13.1. The molecule has 0 bridgehead atoms. The molecule has 0 radical (unpaired) electrons. The Bertz CT molecular complexity index is 2650. The largest absolute Gasteiger partial charge is 0.472 e. The molecule has 19 heteroatoms. The van der Waals surface area contributed by atoms with Crippen LogP contribution in [-0.2, 0) is 65.4 Å². The minimum atomic E-state index is -5.01. The van der Waals surface area contributed by atoms with Crippen LogP contribution in [0.25, 0.3) is 0 Å². The van der Waals surface area contributed by atoms with Crippen LogP contribution in [0, 0.1) is 0 Å². The summed E-state index contributed by atoms with van der Waals surface area (Å²) < 4.78 is 68.3. The van der Waals surface area contributed by atoms with E-state index in [9.17, 15) is 43.2 Å². The van der Waals surface area contributed by atoms with E-state index in [0.717, 1.165) is 154 Å². The van der Waals surface area contributed by atoms with Crippen molar-refractivity contribution in [2.45, 2.75) is 277 Å². The zero-order chi connectivity index (χ0) is 74.6. The second-order valence-electron chi connectivity index (χ2n) is 24.4. The number of aliphatic hydroxyl groups is 1. The number of hydrogen-bond donors (Lipinski definition) is 3. The summed E-state index contributed by atoms with van der Waals surface area (Å²) >= 11 is 0. The number of allylic oxidation sites excluding steroid dienone is 30. The van der Waals surface area contributed by atoms with Crippen LogP contribution in [0.4, 0.5) is 0 Å². The van der Waals surface area contributed by atoms with E-state index in [-0.39, 0.29) is 25.7 Å². The molecule has 0 rings (SSSR count). The van der Waals surface area contributed by atoms with Crippen LogP contribution in [-0.4, -0.2) is 96.7 Å². The summed E-state index contributed by atoms with van der Waals surface area (Å²) in [6, 6.07) is 0. The van der Waals surface area contributed by atoms with Crippen LogP contribution >= 0.6 is 15.6 Å². The van der Waals surface area contributed by atoms with Gasteiger partial charge in [-0.25, -0.2) is 9.13 Å². The molecule has 102 heavy (non-hydrogen) atoms. The van der Waals surface area contributed by atoms with Crippen molar-refractivity contribution in [3.8, 4) is 0 Å². The third-order valence-corrected chi connectivity index (χ3v) is 16.8. The molecular weight excluding hydrogens is 1330 g/mol. The molecule has 0 aliphatic carbocycles. The van der Waals surface area contributed by atoms with Crippen molar-refractivity contribution in [1.29, 1.82) is 0 Å². The molecule has 0 aliphatic heterocycles. The van der Waals surface area contributed by atoms with Crippen molar-refractivity contribution in [2.75, 3.05) is 39.6 Å². The molecular formula is C83H132O17P2. The summed E-state index contributed by atoms with van der Waals surface area (Å²) in [6.07, 6.45) is 87.7. The van der Waals surface area contributed by atoms with Gasteiger partial charge < -0.3 is 33.8 Å². The molecule has 0 saturated carbocycles. The van der Waals surface area contributed by atoms with Gasteiger partial charge in [0.1, 0.15) is 19.3 Å². The number of ether oxygens (including phenoxy) is 4. The van der Waals surface area contributed by atoms with Crippen molar-refractivity contribution in [1.82, 2.24) is 0 Å². The van der Waals surface area contributed by atoms with Gasteiger partial charge in [-0.2, -0.15) is 0 Å². The molecule has 0 heterocycles. The Morgan fingerprint density at radius 2 is 0.529 bits per heavy atom. The summed E-state index contributed by atoms with van der Waals surface area (Å²) in [4.78, 5) is 72.8. The molecule has 0 saturated heterocycles. The first-order valence-corrected chi connectivity index (χ1v) is 41.0. The molecule has 0 aliphatic rings. The first-order valence-electron chi connectivity index (χ1n) is 38.0. The van der Waals surface area contributed by atoms with Gasteiger partial charge in [-0.3, -0.25) is 37.3 Å². The molecule has 0 fully saturated rings. The Morgan fingerprint density at radius 3 is 0.873 bits per heavy atom. The number of hydrogen-bond acceptors (Lipinski definition) is 15. The van der Waals surface area contributed by atoms with Crippen molar-refractivity contribution in [3.05, 3.63) is 182 Å². The fraction of sp³-hybridized carbons (Fsp3) is 0.590. The van der Waals surface area contributed by atoms with Crippen LogP contribution < -0.4 is 0 Å². The average Bonchev–Trinajstić information content (AvgIpc) is 0.939. The Morgan fingerprint density at radius 1 is 0.284 bits per heavy atom. The van der Waals surface area contributed by atoms with Gasteiger partial charge in [0.2, 0.25) is 0 Å². The summed E-state index contributed by atoms with van der Waals surface area (Å²) in [5, 5.41) is 10.6. The zero-order valence-electron chi connectivity index (χ0n) is 62.7. The van der Waals surface area contributed by atoms with Crippen molar-refractivity contribution >= 4 is 39.5 Å². The van der Waals surface area contributed by atoms with E-state index in [1.807, 2.05) is 24.3 Å². The number of unbranched alkanes of at least 4 members (excludes halogenated alkanes) is 13. The van der Waals surface area contributed by atoms with Gasteiger partial charge in [-0.15, -0.1) is 0 Å². The van der Waals surface area contributed by atoms with E-state index in [0.29, 0.717) is 38.5 Å². The van der Waals surface area contributed by atoms with Gasteiger partial charge >= 0.3 is 39.5 Å². The molecule has 0 spiro atoms. The average molecular weight is 1460 g/mol. The SMILES string of the molecule is CC/C=C\C/C=C\C/C=C\C/C=C\C/C=C\C/C=C\CCC(=O)OCC(COP(=O)(O)OCC(O)COP(=O)(O)OCC(COC(=O)CCCCCC/C=C\C/C=C\C/C=C\C/C=C\CC)OC(=O)CCCCCCC/C=C\CCCC)OC(=O)CCCC/C=C\C/C=C\C/C=C\C/C=C\CC. The highest BCUT2D eigenvalue weighted by Gasteiger charge is 2.30. The number of phosphoric acid groups is 2. The quantitative estimate of drug-likeness (QED) is 0.0169. The fourth-order valence-corrected chi connectivity index (χ4v) is 10.7. The Balaban J connectivity index is 5.47. The second kappa shape index (κ2) is 73.5. The third-order valence-electron chi connectivity index (χ3n) is 14.9. The highest BCUT2D eigenvalue weighted by atomic mass is 31.2. The van der Waals surface area contributed by atoms with Gasteiger partial charge in [0, 0.05) is 25.7 Å². The number of esters is 4. The molecule has 17 nitrogen and oxygen atoms in total. The smallest absolute Gasteiger partial charge is 0.462 e. The third kappa shape index (κ3) is 72.5. The first-order chi connectivity index (χ1) is 49.7. The monoisotopic (exact) mass is 1460 g/mol. The van der Waals surface area contributed by atoms with E-state index < -0.39 is 97.5 Å². The number of rotatable bonds is 69. The predicted molar refractivity (Wildman–Crippen MR) is 417 cm³/mol. The van der Waals surface area contributed by atoms with E-state index in [1.54, 1.807) is 0 Å². The maximum Gasteiger partial charge on any atom is 0.472 e. The van der Waals surface area contributed by atoms with Gasteiger partial charge in [-0.1, -0.05) is 255 Å². The van der Waals surface area contributed by atoms with Gasteiger partial charge in [0.05, 0.1) is 26.4 Å². The molecule has 576 valence electrons. The normalized spacial score (nSPS) is 14.9. The molecule has 5 atom stereocenters. The minimum absolute atomic E-state index is 0.0190. The molecule has 0 amide bonds. The lowest BCUT2D eigenvalue weighted by Gasteiger charge is -2.21. The predicted octanol–water partition coefficient (Wildman–Crippen LogP) is 22.0. The summed E-state index contributed by atoms with van der Waals surface area (Å²) in [5.74, 6) is -2.38. The topological polar surface area (TPSA) is 237 Å². The number of carbonyl (C=O) groups is 4. The van der Waals surface area contributed by atoms with Crippen LogP contribution in [0.15, 0.2) is 182 Å². The zero-order valence-corrected chi connectivity index (χ0v) is 64.5. The van der Waals surface area contributed by atoms with E-state index in [4.69, 9.17) is 37.0 Å². The second-order valence-corrected chi connectivity index (χ2v) is 27.3. The Labute approximate surface area is 615 Å². The highest BCUT2D eigenvalue weighted by molar-refractivity contribution is 7.47. The van der Waals surface area contributed by atoms with E-state index in [1.165, 1.54) is 12.8 Å². The maximum absolute atomic E-state index is 13.1. The lowest BCUT2D eigenvalue weighted by atomic mass is 10.1. The molecule has 5 unspecified atom stereocenters. The number of aliphatic hydroxyl groups excluding tert-OH is 1. The first kappa shape index (κ1) is 96.2. The molecule has 0 aromatic rings. The molecule has 3 N–H and O–H groups in total. The lowest BCUT2D eigenvalue weighted by Crippen LogP contribution is -2.30. The van der Waals surface area contributed by atoms with Crippen LogP contribution in [0.3, 0.4) is 0 Å². The number of carbonyl (C=O) groups excluding carboxylic acids is 4. The lowest BCUT2D eigenvalue weighted by molar-refractivity contribution is -0.161. The van der Waals surface area contributed by atoms with Crippen LogP contribution in [0.5, 0.6) is 0 Å². The van der Waals surface area contributed by atoms with E-state index >= 15 is 0 Å². The molecule has 0 aromatic carbocycles. The fourth-order valence-electron chi connectivity index (χ4n) is 9.15. The molecule has 0 aromatic heterocycles. The Hall–Kier alpha value is -5.84. The van der Waals surface area contributed by atoms with Crippen molar-refractivity contribution in [2.24, 2.45) is 0 Å². The summed E-state index contributed by atoms with van der Waals surface area (Å²) in [7, 11) is -10.0. The van der Waals surface area contributed by atoms with Crippen LogP contribution in [0.1, 0.15) is 259 Å². The summed E-state index contributed by atoms with van der Waals surface area (Å²) in [6.45, 7) is 4.27. The van der Waals surface area contributed by atoms with Crippen LogP contribution in [0.2, 0.25) is 0 Å². The van der Waals surface area contributed by atoms with Crippen molar-refractivity contribution < 1.29 is 80.2 Å². The Kier molecular flexibility index (Phi) is 69.3. The number of phosphoric ester groups is 2. The standard InChI is InChI=1S/C83H132O17P2/c1-5-9-13-17-21-25-29-32-35-37-38-40-43-45-49-52-56-60-64-68-81(86)94-74-79(100-83(88)70-66-62-58-54-50-46-41-34-31-27-23-19-15-11-7-3)76-98-102(91,92)96-72-77(84)71-95-101(89,90)97-75-78(99-82(87)69-65-61-57-53-47-28-24-20-16-12-8-4)73-93-80(85)67-63-59-55-51-48-44-42-39-36-33-30-26-22-18-14-10-6-2/h9-11,13-15,20-27,32-36,38,40-42,44-45,49-50,54,56,60,77-79,84H,5-8,12,16-19,28-31,37,39,43,46-48,51-53,55,57-59,61-76H2,1-4H3,(H,89,90)(H,91,92)/b13-9-,14-10-,15-11-,24-20-,25-21-,26-22-,27-23-,35-32-,36-33-,40-38-,41-34-,44-42-,49-45-,54-50-,60-56-. The van der Waals surface area contributed by atoms with Gasteiger partial charge in [-0.05, 0) is 161 Å². The minimum Gasteiger partial charge on any atom is -0.462 e.